The van der Waals surface area contributed by atoms with Crippen molar-refractivity contribution in [3.63, 3.8) is 0 Å². The minimum absolute atomic E-state index is 0.204. The lowest BCUT2D eigenvalue weighted by Crippen LogP contribution is -2.19. The van der Waals surface area contributed by atoms with E-state index in [1.54, 1.807) is 0 Å². The van der Waals surface area contributed by atoms with Crippen LogP contribution in [-0.4, -0.2) is 9.55 Å². The van der Waals surface area contributed by atoms with Crippen molar-refractivity contribution in [2.24, 2.45) is 5.73 Å². The van der Waals surface area contributed by atoms with Gasteiger partial charge in [-0.05, 0) is 23.6 Å². The van der Waals surface area contributed by atoms with E-state index in [1.807, 2.05) is 42.7 Å². The Bertz CT molecular complexity index is 716. The van der Waals surface area contributed by atoms with E-state index in [1.165, 1.54) is 11.1 Å². The molecule has 2 N–H and O–H groups in total. The Hall–Kier alpha value is -2.39. The summed E-state index contributed by atoms with van der Waals surface area (Å²) >= 11 is 0. The third-order valence-electron chi connectivity index (χ3n) is 3.75. The number of imidazole rings is 1. The number of hydrogen-bond donors (Lipinski definition) is 1. The van der Waals surface area contributed by atoms with Gasteiger partial charge < -0.3 is 10.3 Å². The number of benzene rings is 2. The minimum atomic E-state index is -0.204. The van der Waals surface area contributed by atoms with Gasteiger partial charge in [-0.25, -0.2) is 4.98 Å². The first-order valence-electron chi connectivity index (χ1n) is 7.12. The summed E-state index contributed by atoms with van der Waals surface area (Å²) in [6.07, 6.45) is 3.80. The molecule has 3 nitrogen and oxygen atoms in total. The molecule has 1 heterocycles. The normalized spacial score (nSPS) is 12.3. The molecular weight excluding hydrogens is 258 g/mol. The van der Waals surface area contributed by atoms with E-state index in [0.717, 1.165) is 17.9 Å². The molecule has 0 aliphatic carbocycles. The van der Waals surface area contributed by atoms with Gasteiger partial charge in [-0.2, -0.15) is 0 Å². The molecule has 3 heteroatoms. The maximum Gasteiger partial charge on any atom is 0.130 e. The summed E-state index contributed by atoms with van der Waals surface area (Å²) in [6, 6.07) is 18.4. The summed E-state index contributed by atoms with van der Waals surface area (Å²) in [7, 11) is 0. The minimum Gasteiger partial charge on any atom is -0.329 e. The molecule has 0 spiro atoms. The lowest BCUT2D eigenvalue weighted by atomic mass is 10.0. The smallest absolute Gasteiger partial charge is 0.130 e. The monoisotopic (exact) mass is 277 g/mol. The summed E-state index contributed by atoms with van der Waals surface area (Å²) in [6.45, 7) is 2.87. The zero-order valence-electron chi connectivity index (χ0n) is 12.1. The zero-order valence-corrected chi connectivity index (χ0v) is 12.1. The van der Waals surface area contributed by atoms with Gasteiger partial charge in [0, 0.05) is 18.9 Å². The van der Waals surface area contributed by atoms with Gasteiger partial charge in [0.05, 0.1) is 6.04 Å². The fourth-order valence-electron chi connectivity index (χ4n) is 2.59. The highest BCUT2D eigenvalue weighted by Gasteiger charge is 2.16. The first kappa shape index (κ1) is 13.6. The molecular formula is C18H19N3. The summed E-state index contributed by atoms with van der Waals surface area (Å²) in [5, 5.41) is 0. The van der Waals surface area contributed by atoms with Crippen LogP contribution in [0, 0.1) is 6.92 Å². The molecule has 3 rings (SSSR count). The summed E-state index contributed by atoms with van der Waals surface area (Å²) in [5.74, 6) is 0.896. The van der Waals surface area contributed by atoms with Gasteiger partial charge in [-0.15, -0.1) is 0 Å². The van der Waals surface area contributed by atoms with Crippen LogP contribution in [0.2, 0.25) is 0 Å². The first-order valence-corrected chi connectivity index (χ1v) is 7.12. The van der Waals surface area contributed by atoms with Crippen LogP contribution in [0.1, 0.15) is 28.6 Å². The molecule has 0 bridgehead atoms. The highest BCUT2D eigenvalue weighted by Crippen LogP contribution is 2.21. The maximum atomic E-state index is 6.43. The average Bonchev–Trinajstić information content (AvgIpc) is 2.96. The van der Waals surface area contributed by atoms with Gasteiger partial charge in [-0.1, -0.05) is 54.6 Å². The summed E-state index contributed by atoms with van der Waals surface area (Å²) < 4.78 is 2.12. The highest BCUT2D eigenvalue weighted by atomic mass is 15.1. The Balaban J connectivity index is 1.90. The third kappa shape index (κ3) is 2.88. The average molecular weight is 277 g/mol. The van der Waals surface area contributed by atoms with Gasteiger partial charge in [0.15, 0.2) is 0 Å². The van der Waals surface area contributed by atoms with E-state index in [4.69, 9.17) is 5.73 Å². The molecule has 0 saturated carbocycles. The molecule has 0 aliphatic heterocycles. The number of rotatable bonds is 4. The van der Waals surface area contributed by atoms with Crippen molar-refractivity contribution in [1.82, 2.24) is 9.55 Å². The van der Waals surface area contributed by atoms with E-state index in [2.05, 4.69) is 40.7 Å². The number of aromatic nitrogens is 2. The zero-order chi connectivity index (χ0) is 14.7. The van der Waals surface area contributed by atoms with Crippen molar-refractivity contribution in [2.75, 3.05) is 0 Å². The summed E-state index contributed by atoms with van der Waals surface area (Å²) in [4.78, 5) is 4.47. The lowest BCUT2D eigenvalue weighted by Gasteiger charge is -2.16. The van der Waals surface area contributed by atoms with Gasteiger partial charge in [0.2, 0.25) is 0 Å². The van der Waals surface area contributed by atoms with Crippen LogP contribution in [0.4, 0.5) is 0 Å². The second-order valence-electron chi connectivity index (χ2n) is 5.23. The van der Waals surface area contributed by atoms with Crippen molar-refractivity contribution in [2.45, 2.75) is 19.5 Å². The topological polar surface area (TPSA) is 43.8 Å². The van der Waals surface area contributed by atoms with Crippen LogP contribution in [0.25, 0.3) is 0 Å². The van der Waals surface area contributed by atoms with Crippen molar-refractivity contribution >= 4 is 0 Å². The number of nitrogens with zero attached hydrogens (tertiary/aromatic N) is 2. The lowest BCUT2D eigenvalue weighted by molar-refractivity contribution is 0.672. The van der Waals surface area contributed by atoms with Gasteiger partial charge in [0.1, 0.15) is 5.82 Å². The van der Waals surface area contributed by atoms with Crippen LogP contribution in [-0.2, 0) is 6.54 Å². The number of aryl methyl sites for hydroxylation is 1. The van der Waals surface area contributed by atoms with Gasteiger partial charge in [0.25, 0.3) is 0 Å². The first-order chi connectivity index (χ1) is 10.3. The Kier molecular flexibility index (Phi) is 3.84. The van der Waals surface area contributed by atoms with E-state index < -0.39 is 0 Å². The highest BCUT2D eigenvalue weighted by molar-refractivity contribution is 5.32. The van der Waals surface area contributed by atoms with Gasteiger partial charge in [-0.3, -0.25) is 0 Å². The van der Waals surface area contributed by atoms with Crippen LogP contribution in [0.5, 0.6) is 0 Å². The Morgan fingerprint density at radius 1 is 1.05 bits per heavy atom. The second-order valence-corrected chi connectivity index (χ2v) is 5.23. The van der Waals surface area contributed by atoms with Crippen LogP contribution in [0.3, 0.4) is 0 Å². The van der Waals surface area contributed by atoms with Crippen LogP contribution in [0.15, 0.2) is 67.0 Å². The van der Waals surface area contributed by atoms with E-state index in [-0.39, 0.29) is 6.04 Å². The molecule has 0 fully saturated rings. The largest absolute Gasteiger partial charge is 0.329 e. The third-order valence-corrected chi connectivity index (χ3v) is 3.75. The quantitative estimate of drug-likeness (QED) is 0.795. The molecule has 1 unspecified atom stereocenters. The molecule has 0 amide bonds. The predicted molar refractivity (Wildman–Crippen MR) is 85.0 cm³/mol. The molecule has 0 radical (unpaired) electrons. The molecule has 1 aromatic heterocycles. The predicted octanol–water partition coefficient (Wildman–Crippen LogP) is 3.29. The van der Waals surface area contributed by atoms with Crippen LogP contribution >= 0.6 is 0 Å². The Morgan fingerprint density at radius 3 is 2.52 bits per heavy atom. The van der Waals surface area contributed by atoms with Crippen molar-refractivity contribution in [3.8, 4) is 0 Å². The van der Waals surface area contributed by atoms with E-state index >= 15 is 0 Å². The second kappa shape index (κ2) is 5.94. The van der Waals surface area contributed by atoms with Crippen molar-refractivity contribution in [1.29, 1.82) is 0 Å². The van der Waals surface area contributed by atoms with Crippen LogP contribution < -0.4 is 5.73 Å². The maximum absolute atomic E-state index is 6.43. The number of nitrogens with two attached hydrogens (primary N) is 1. The van der Waals surface area contributed by atoms with Crippen molar-refractivity contribution < 1.29 is 0 Å². The molecule has 0 aliphatic rings. The SMILES string of the molecule is Cc1ccccc1C(N)c1nccn1Cc1ccccc1. The fraction of sp³-hybridized carbons (Fsp3) is 0.167. The van der Waals surface area contributed by atoms with E-state index in [9.17, 15) is 0 Å². The fourth-order valence-corrected chi connectivity index (χ4v) is 2.59. The molecule has 1 atom stereocenters. The standard InChI is InChI=1S/C18H19N3/c1-14-7-5-6-10-16(14)17(19)18-20-11-12-21(18)13-15-8-3-2-4-9-15/h2-12,17H,13,19H2,1H3. The van der Waals surface area contributed by atoms with E-state index in [0.29, 0.717) is 0 Å². The van der Waals surface area contributed by atoms with Crippen molar-refractivity contribution in [3.05, 3.63) is 89.5 Å². The molecule has 2 aromatic carbocycles. The summed E-state index contributed by atoms with van der Waals surface area (Å²) in [5.41, 5.74) is 9.99. The molecule has 21 heavy (non-hydrogen) atoms. The Morgan fingerprint density at radius 2 is 1.76 bits per heavy atom. The Labute approximate surface area is 125 Å². The molecule has 106 valence electrons. The molecule has 0 saturated heterocycles. The molecule has 3 aromatic rings. The number of hydrogen-bond acceptors (Lipinski definition) is 2. The van der Waals surface area contributed by atoms with Gasteiger partial charge >= 0.3 is 0 Å².